The minimum absolute atomic E-state index is 0.245. The Hall–Kier alpha value is -2.10. The molecule has 0 saturated heterocycles. The van der Waals surface area contributed by atoms with Crippen molar-refractivity contribution in [3.8, 4) is 0 Å². The largest absolute Gasteiger partial charge is 0.382 e. The van der Waals surface area contributed by atoms with Crippen LogP contribution >= 0.6 is 0 Å². The minimum Gasteiger partial charge on any atom is -0.382 e. The topological polar surface area (TPSA) is 63.8 Å². The monoisotopic (exact) mass is 228 g/mol. The van der Waals surface area contributed by atoms with Gasteiger partial charge in [0.15, 0.2) is 0 Å². The Morgan fingerprint density at radius 1 is 1.18 bits per heavy atom. The summed E-state index contributed by atoms with van der Waals surface area (Å²) in [5.41, 5.74) is 6.74. The van der Waals surface area contributed by atoms with Crippen molar-refractivity contribution in [2.75, 3.05) is 11.1 Å². The number of anilines is 2. The van der Waals surface area contributed by atoms with E-state index in [1.54, 1.807) is 12.4 Å². The van der Waals surface area contributed by atoms with E-state index in [1.807, 2.05) is 18.2 Å². The summed E-state index contributed by atoms with van der Waals surface area (Å²) < 4.78 is 0. The molecular formula is C13H16N4. The van der Waals surface area contributed by atoms with Gasteiger partial charge in [-0.2, -0.15) is 0 Å². The van der Waals surface area contributed by atoms with Gasteiger partial charge in [-0.3, -0.25) is 0 Å². The summed E-state index contributed by atoms with van der Waals surface area (Å²) in [4.78, 5) is 8.21. The van der Waals surface area contributed by atoms with Gasteiger partial charge in [-0.1, -0.05) is 37.3 Å². The predicted molar refractivity (Wildman–Crippen MR) is 69.5 cm³/mol. The van der Waals surface area contributed by atoms with Crippen molar-refractivity contribution in [2.45, 2.75) is 19.4 Å². The van der Waals surface area contributed by atoms with Crippen molar-refractivity contribution in [1.82, 2.24) is 9.97 Å². The van der Waals surface area contributed by atoms with Gasteiger partial charge in [0.1, 0.15) is 11.6 Å². The van der Waals surface area contributed by atoms with Crippen LogP contribution < -0.4 is 11.1 Å². The molecule has 2 aromatic rings. The maximum absolute atomic E-state index is 5.50. The summed E-state index contributed by atoms with van der Waals surface area (Å²) in [7, 11) is 0. The standard InChI is InChI=1S/C13H16N4/c1-2-11(10-6-4-3-5-7-10)17-13-9-15-12(14)8-16-13/h3-9,11H,2H2,1H3,(H2,14,15)(H,16,17). The van der Waals surface area contributed by atoms with Gasteiger partial charge in [0.05, 0.1) is 18.4 Å². The molecule has 0 spiro atoms. The zero-order valence-electron chi connectivity index (χ0n) is 9.80. The van der Waals surface area contributed by atoms with Gasteiger partial charge in [-0.15, -0.1) is 0 Å². The Balaban J connectivity index is 2.13. The van der Waals surface area contributed by atoms with Crippen LogP contribution in [0.15, 0.2) is 42.7 Å². The van der Waals surface area contributed by atoms with Gasteiger partial charge >= 0.3 is 0 Å². The molecule has 0 bridgehead atoms. The van der Waals surface area contributed by atoms with E-state index >= 15 is 0 Å². The van der Waals surface area contributed by atoms with Crippen LogP contribution in [0, 0.1) is 0 Å². The third-order valence-electron chi connectivity index (χ3n) is 2.60. The summed E-state index contributed by atoms with van der Waals surface area (Å²) in [6.07, 6.45) is 4.19. The second-order valence-corrected chi connectivity index (χ2v) is 3.84. The van der Waals surface area contributed by atoms with Crippen LogP contribution in [0.25, 0.3) is 0 Å². The van der Waals surface area contributed by atoms with E-state index in [0.717, 1.165) is 12.2 Å². The smallest absolute Gasteiger partial charge is 0.145 e. The molecule has 0 fully saturated rings. The lowest BCUT2D eigenvalue weighted by Gasteiger charge is -2.17. The van der Waals surface area contributed by atoms with Gasteiger partial charge < -0.3 is 11.1 Å². The Morgan fingerprint density at radius 3 is 2.53 bits per heavy atom. The van der Waals surface area contributed by atoms with Crippen LogP contribution in [0.2, 0.25) is 0 Å². The van der Waals surface area contributed by atoms with Crippen LogP contribution in [-0.4, -0.2) is 9.97 Å². The second kappa shape index (κ2) is 5.30. The van der Waals surface area contributed by atoms with Gasteiger partial charge in [-0.25, -0.2) is 9.97 Å². The quantitative estimate of drug-likeness (QED) is 0.844. The van der Waals surface area contributed by atoms with E-state index in [9.17, 15) is 0 Å². The Labute approximate surface area is 101 Å². The summed E-state index contributed by atoms with van der Waals surface area (Å²) in [5, 5.41) is 3.34. The van der Waals surface area contributed by atoms with Crippen molar-refractivity contribution < 1.29 is 0 Å². The number of rotatable bonds is 4. The molecule has 4 nitrogen and oxygen atoms in total. The summed E-state index contributed by atoms with van der Waals surface area (Å²) in [6, 6.07) is 10.5. The number of nitrogen functional groups attached to an aromatic ring is 1. The first-order chi connectivity index (χ1) is 8.29. The molecule has 88 valence electrons. The molecule has 0 aliphatic carbocycles. The van der Waals surface area contributed by atoms with Crippen LogP contribution in [-0.2, 0) is 0 Å². The Morgan fingerprint density at radius 2 is 1.94 bits per heavy atom. The highest BCUT2D eigenvalue weighted by Crippen LogP contribution is 2.20. The van der Waals surface area contributed by atoms with Crippen molar-refractivity contribution in [3.63, 3.8) is 0 Å². The van der Waals surface area contributed by atoms with Crippen LogP contribution in [0.3, 0.4) is 0 Å². The van der Waals surface area contributed by atoms with Gasteiger partial charge in [-0.05, 0) is 12.0 Å². The van der Waals surface area contributed by atoms with Crippen molar-refractivity contribution in [3.05, 3.63) is 48.3 Å². The lowest BCUT2D eigenvalue weighted by atomic mass is 10.1. The van der Waals surface area contributed by atoms with Crippen LogP contribution in [0.1, 0.15) is 24.9 Å². The van der Waals surface area contributed by atoms with Gasteiger partial charge in [0.25, 0.3) is 0 Å². The average molecular weight is 228 g/mol. The SMILES string of the molecule is CCC(Nc1cnc(N)cn1)c1ccccc1. The number of aromatic nitrogens is 2. The molecule has 0 saturated carbocycles. The van der Waals surface area contributed by atoms with Crippen molar-refractivity contribution >= 4 is 11.6 Å². The zero-order chi connectivity index (χ0) is 12.1. The predicted octanol–water partition coefficient (Wildman–Crippen LogP) is 2.62. The van der Waals surface area contributed by atoms with Crippen molar-refractivity contribution in [2.24, 2.45) is 0 Å². The van der Waals surface area contributed by atoms with Crippen LogP contribution in [0.5, 0.6) is 0 Å². The molecule has 0 aliphatic rings. The number of hydrogen-bond donors (Lipinski definition) is 2. The maximum Gasteiger partial charge on any atom is 0.145 e. The van der Waals surface area contributed by atoms with E-state index in [-0.39, 0.29) is 6.04 Å². The number of benzene rings is 1. The molecular weight excluding hydrogens is 212 g/mol. The molecule has 3 N–H and O–H groups in total. The molecule has 1 aromatic heterocycles. The lowest BCUT2D eigenvalue weighted by Crippen LogP contribution is -2.11. The number of hydrogen-bond acceptors (Lipinski definition) is 4. The summed E-state index contributed by atoms with van der Waals surface area (Å²) >= 11 is 0. The Bertz CT molecular complexity index is 453. The molecule has 4 heteroatoms. The minimum atomic E-state index is 0.245. The summed E-state index contributed by atoms with van der Waals surface area (Å²) in [5.74, 6) is 1.18. The fourth-order valence-corrected chi connectivity index (χ4v) is 1.70. The van der Waals surface area contributed by atoms with Crippen molar-refractivity contribution in [1.29, 1.82) is 0 Å². The molecule has 2 rings (SSSR count). The number of nitrogens with two attached hydrogens (primary N) is 1. The third kappa shape index (κ3) is 2.93. The highest BCUT2D eigenvalue weighted by Gasteiger charge is 2.08. The zero-order valence-corrected chi connectivity index (χ0v) is 9.80. The lowest BCUT2D eigenvalue weighted by molar-refractivity contribution is 0.743. The normalized spacial score (nSPS) is 12.1. The second-order valence-electron chi connectivity index (χ2n) is 3.84. The van der Waals surface area contributed by atoms with E-state index < -0.39 is 0 Å². The molecule has 1 heterocycles. The van der Waals surface area contributed by atoms with E-state index in [4.69, 9.17) is 5.73 Å². The number of nitrogens with zero attached hydrogens (tertiary/aromatic N) is 2. The average Bonchev–Trinajstić information content (AvgIpc) is 2.39. The fraction of sp³-hybridized carbons (Fsp3) is 0.231. The molecule has 1 unspecified atom stereocenters. The molecule has 1 atom stereocenters. The van der Waals surface area contributed by atoms with Gasteiger partial charge in [0.2, 0.25) is 0 Å². The summed E-state index contributed by atoms with van der Waals surface area (Å²) in [6.45, 7) is 2.13. The number of nitrogens with one attached hydrogen (secondary N) is 1. The first-order valence-corrected chi connectivity index (χ1v) is 5.68. The van der Waals surface area contributed by atoms with E-state index in [2.05, 4.69) is 34.3 Å². The molecule has 0 aliphatic heterocycles. The highest BCUT2D eigenvalue weighted by atomic mass is 15.0. The first kappa shape index (κ1) is 11.4. The van der Waals surface area contributed by atoms with Gasteiger partial charge in [0, 0.05) is 0 Å². The Kier molecular flexibility index (Phi) is 3.55. The first-order valence-electron chi connectivity index (χ1n) is 5.68. The molecule has 0 radical (unpaired) electrons. The molecule has 1 aromatic carbocycles. The maximum atomic E-state index is 5.50. The van der Waals surface area contributed by atoms with Crippen LogP contribution in [0.4, 0.5) is 11.6 Å². The highest BCUT2D eigenvalue weighted by molar-refractivity contribution is 5.39. The van der Waals surface area contributed by atoms with E-state index in [1.165, 1.54) is 5.56 Å². The molecule has 0 amide bonds. The fourth-order valence-electron chi connectivity index (χ4n) is 1.70. The molecule has 17 heavy (non-hydrogen) atoms. The third-order valence-corrected chi connectivity index (χ3v) is 2.60. The van der Waals surface area contributed by atoms with E-state index in [0.29, 0.717) is 5.82 Å².